The van der Waals surface area contributed by atoms with Gasteiger partial charge in [0.1, 0.15) is 17.7 Å². The molecule has 0 spiro atoms. The Kier molecular flexibility index (Phi) is 15.8. The quantitative estimate of drug-likeness (QED) is 0.225. The topological polar surface area (TPSA) is 157 Å². The van der Waals surface area contributed by atoms with Crippen LogP contribution in [0.2, 0.25) is 0 Å². The zero-order chi connectivity index (χ0) is 32.7. The number of amides is 4. The van der Waals surface area contributed by atoms with Crippen LogP contribution in [0.25, 0.3) is 0 Å². The van der Waals surface area contributed by atoms with E-state index in [-0.39, 0.29) is 32.4 Å². The van der Waals surface area contributed by atoms with Gasteiger partial charge in [0, 0.05) is 19.0 Å². The number of alkyl carbamates (subject to hydrolysis) is 1. The lowest BCUT2D eigenvalue weighted by Gasteiger charge is -2.39. The molecule has 0 aliphatic carbocycles. The molecule has 11 heteroatoms. The largest absolute Gasteiger partial charge is 0.466 e. The highest BCUT2D eigenvalue weighted by atomic mass is 16.6. The van der Waals surface area contributed by atoms with Gasteiger partial charge in [-0.3, -0.25) is 19.2 Å². The smallest absolute Gasteiger partial charge is 0.408 e. The van der Waals surface area contributed by atoms with Gasteiger partial charge in [0.25, 0.3) is 0 Å². The summed E-state index contributed by atoms with van der Waals surface area (Å²) in [6, 6.07) is 4.72. The number of benzene rings is 1. The van der Waals surface area contributed by atoms with Crippen molar-refractivity contribution in [3.63, 3.8) is 0 Å². The predicted octanol–water partition coefficient (Wildman–Crippen LogP) is 4.17. The summed E-state index contributed by atoms with van der Waals surface area (Å²) >= 11 is 0. The average molecular weight is 605 g/mol. The highest BCUT2D eigenvalue weighted by Crippen LogP contribution is 2.28. The van der Waals surface area contributed by atoms with E-state index in [0.717, 1.165) is 18.4 Å². The third-order valence-electron chi connectivity index (χ3n) is 6.72. The number of primary amides is 1. The Morgan fingerprint density at radius 3 is 2.07 bits per heavy atom. The SMILES string of the molecule is CCOC(=O)CCNC(=O)C(c1ccc(CC)cc1)N(C(=O)C(CCC(N)=O)NC(=O)OC(C)(C)C)C(C)CCC(C)C. The molecule has 4 N–H and O–H groups in total. The van der Waals surface area contributed by atoms with E-state index in [2.05, 4.69) is 24.5 Å². The number of nitrogens with one attached hydrogen (secondary N) is 2. The van der Waals surface area contributed by atoms with Crippen LogP contribution in [-0.2, 0) is 35.1 Å². The number of ether oxygens (including phenoxy) is 2. The minimum Gasteiger partial charge on any atom is -0.466 e. The number of nitrogens with zero attached hydrogens (tertiary/aromatic N) is 1. The first-order chi connectivity index (χ1) is 20.1. The number of nitrogens with two attached hydrogens (primary N) is 1. The lowest BCUT2D eigenvalue weighted by Crippen LogP contribution is -2.55. The monoisotopic (exact) mass is 604 g/mol. The van der Waals surface area contributed by atoms with E-state index in [0.29, 0.717) is 17.9 Å². The van der Waals surface area contributed by atoms with Crippen LogP contribution in [0, 0.1) is 5.92 Å². The maximum atomic E-state index is 14.4. The molecular weight excluding hydrogens is 552 g/mol. The first-order valence-electron chi connectivity index (χ1n) is 15.2. The summed E-state index contributed by atoms with van der Waals surface area (Å²) < 4.78 is 10.4. The molecule has 0 aliphatic rings. The number of aryl methyl sites for hydroxylation is 1. The van der Waals surface area contributed by atoms with Crippen molar-refractivity contribution in [2.24, 2.45) is 11.7 Å². The fraction of sp³-hybridized carbons (Fsp3) is 0.656. The Balaban J connectivity index is 3.61. The molecule has 0 saturated carbocycles. The van der Waals surface area contributed by atoms with E-state index in [1.165, 1.54) is 4.90 Å². The fourth-order valence-electron chi connectivity index (χ4n) is 4.48. The minimum atomic E-state index is -1.19. The highest BCUT2D eigenvalue weighted by Gasteiger charge is 2.39. The van der Waals surface area contributed by atoms with E-state index in [4.69, 9.17) is 15.2 Å². The van der Waals surface area contributed by atoms with Crippen molar-refractivity contribution in [2.75, 3.05) is 13.2 Å². The van der Waals surface area contributed by atoms with Crippen LogP contribution in [0.5, 0.6) is 0 Å². The van der Waals surface area contributed by atoms with Crippen LogP contribution in [-0.4, -0.2) is 65.5 Å². The van der Waals surface area contributed by atoms with Crippen molar-refractivity contribution < 1.29 is 33.4 Å². The first-order valence-corrected chi connectivity index (χ1v) is 15.2. The minimum absolute atomic E-state index is 0.0187. The second kappa shape index (κ2) is 18.1. The summed E-state index contributed by atoms with van der Waals surface area (Å²) in [4.78, 5) is 66.2. The van der Waals surface area contributed by atoms with Crippen LogP contribution >= 0.6 is 0 Å². The molecule has 0 bridgehead atoms. The van der Waals surface area contributed by atoms with Gasteiger partial charge in [0.05, 0.1) is 13.0 Å². The highest BCUT2D eigenvalue weighted by molar-refractivity contribution is 5.92. The molecular formula is C32H52N4O7. The molecule has 3 unspecified atom stereocenters. The summed E-state index contributed by atoms with van der Waals surface area (Å²) in [5, 5.41) is 5.41. The summed E-state index contributed by atoms with van der Waals surface area (Å²) in [6.45, 7) is 15.1. The number of esters is 1. The molecule has 1 aromatic carbocycles. The summed E-state index contributed by atoms with van der Waals surface area (Å²) in [5.41, 5.74) is 6.21. The molecule has 1 rings (SSSR count). The van der Waals surface area contributed by atoms with Crippen LogP contribution in [0.4, 0.5) is 4.79 Å². The molecule has 0 aromatic heterocycles. The molecule has 3 atom stereocenters. The van der Waals surface area contributed by atoms with Gasteiger partial charge >= 0.3 is 12.1 Å². The molecule has 43 heavy (non-hydrogen) atoms. The fourth-order valence-corrected chi connectivity index (χ4v) is 4.48. The number of carbonyl (C=O) groups is 5. The first kappa shape index (κ1) is 37.4. The van der Waals surface area contributed by atoms with E-state index in [9.17, 15) is 24.0 Å². The van der Waals surface area contributed by atoms with Crippen molar-refractivity contribution in [2.45, 2.75) is 118 Å². The molecule has 0 radical (unpaired) electrons. The van der Waals surface area contributed by atoms with Crippen LogP contribution in [0.3, 0.4) is 0 Å². The normalized spacial score (nSPS) is 13.4. The number of carbonyl (C=O) groups excluding carboxylic acids is 5. The van der Waals surface area contributed by atoms with Crippen molar-refractivity contribution in [1.82, 2.24) is 15.5 Å². The van der Waals surface area contributed by atoms with Gasteiger partial charge in [0.2, 0.25) is 17.7 Å². The summed E-state index contributed by atoms with van der Waals surface area (Å²) in [5.74, 6) is -1.77. The second-order valence-corrected chi connectivity index (χ2v) is 12.1. The average Bonchev–Trinajstić information content (AvgIpc) is 2.91. The molecule has 11 nitrogen and oxygen atoms in total. The van der Waals surface area contributed by atoms with Crippen LogP contribution in [0.1, 0.15) is 105 Å². The standard InChI is InChI=1S/C32H52N4O7/c1-9-23-13-15-24(16-14-23)28(29(39)34-20-19-27(38)42-10-2)36(22(5)12-11-21(3)4)30(40)25(17-18-26(33)37)35-31(41)43-32(6,7)8/h13-16,21-22,25,28H,9-12,17-20H2,1-8H3,(H2,33,37)(H,34,39)(H,35,41). The lowest BCUT2D eigenvalue weighted by molar-refractivity contribution is -0.146. The molecule has 0 fully saturated rings. The van der Waals surface area contributed by atoms with Gasteiger partial charge in [-0.2, -0.15) is 0 Å². The number of hydrogen-bond acceptors (Lipinski definition) is 7. The third-order valence-corrected chi connectivity index (χ3v) is 6.72. The molecule has 1 aromatic rings. The maximum absolute atomic E-state index is 14.4. The second-order valence-electron chi connectivity index (χ2n) is 12.1. The summed E-state index contributed by atoms with van der Waals surface area (Å²) in [6.07, 6.45) is 1.06. The maximum Gasteiger partial charge on any atom is 0.408 e. The molecule has 0 aliphatic heterocycles. The third kappa shape index (κ3) is 13.9. The Bertz CT molecular complexity index is 1070. The lowest BCUT2D eigenvalue weighted by atomic mass is 9.95. The van der Waals surface area contributed by atoms with Gasteiger partial charge in [-0.05, 0) is 77.3 Å². The molecule has 242 valence electrons. The van der Waals surface area contributed by atoms with Crippen LogP contribution in [0.15, 0.2) is 24.3 Å². The molecule has 4 amide bonds. The van der Waals surface area contributed by atoms with E-state index < -0.39 is 53.5 Å². The number of rotatable bonds is 17. The van der Waals surface area contributed by atoms with Gasteiger partial charge in [-0.15, -0.1) is 0 Å². The predicted molar refractivity (Wildman–Crippen MR) is 165 cm³/mol. The Morgan fingerprint density at radius 2 is 1.56 bits per heavy atom. The molecule has 0 saturated heterocycles. The summed E-state index contributed by atoms with van der Waals surface area (Å²) in [7, 11) is 0. The van der Waals surface area contributed by atoms with E-state index >= 15 is 0 Å². The Hall–Kier alpha value is -3.63. The van der Waals surface area contributed by atoms with Crippen molar-refractivity contribution in [3.05, 3.63) is 35.4 Å². The van der Waals surface area contributed by atoms with Gasteiger partial charge in [0.15, 0.2) is 0 Å². The van der Waals surface area contributed by atoms with Crippen molar-refractivity contribution in [1.29, 1.82) is 0 Å². The molecule has 0 heterocycles. The van der Waals surface area contributed by atoms with Crippen molar-refractivity contribution >= 4 is 29.8 Å². The zero-order valence-corrected chi connectivity index (χ0v) is 27.2. The Labute approximate surface area is 256 Å². The van der Waals surface area contributed by atoms with Gasteiger partial charge < -0.3 is 30.7 Å². The van der Waals surface area contributed by atoms with Crippen LogP contribution < -0.4 is 16.4 Å². The van der Waals surface area contributed by atoms with Gasteiger partial charge in [-0.1, -0.05) is 45.0 Å². The zero-order valence-electron chi connectivity index (χ0n) is 27.2. The Morgan fingerprint density at radius 1 is 0.930 bits per heavy atom. The van der Waals surface area contributed by atoms with E-state index in [1.54, 1.807) is 27.7 Å². The van der Waals surface area contributed by atoms with E-state index in [1.807, 2.05) is 38.1 Å². The number of hydrogen-bond donors (Lipinski definition) is 3. The van der Waals surface area contributed by atoms with Gasteiger partial charge in [-0.25, -0.2) is 4.79 Å². The van der Waals surface area contributed by atoms with Crippen molar-refractivity contribution in [3.8, 4) is 0 Å².